The second-order valence-corrected chi connectivity index (χ2v) is 9.29. The van der Waals surface area contributed by atoms with E-state index in [4.69, 9.17) is 9.72 Å². The molecule has 0 saturated carbocycles. The zero-order valence-electron chi connectivity index (χ0n) is 21.3. The van der Waals surface area contributed by atoms with Gasteiger partial charge in [-0.25, -0.2) is 0 Å². The van der Waals surface area contributed by atoms with Gasteiger partial charge in [0, 0.05) is 39.3 Å². The van der Waals surface area contributed by atoms with Crippen molar-refractivity contribution in [1.29, 1.82) is 0 Å². The number of nitrogens with zero attached hydrogens (tertiary/aromatic N) is 4. The Morgan fingerprint density at radius 1 is 0.853 bits per heavy atom. The van der Waals surface area contributed by atoms with E-state index in [0.717, 1.165) is 101 Å². The molecule has 3 rings (SSSR count). The zero-order valence-corrected chi connectivity index (χ0v) is 21.3. The minimum absolute atomic E-state index is 0.216. The van der Waals surface area contributed by atoms with Gasteiger partial charge < -0.3 is 9.64 Å². The minimum atomic E-state index is 0.216. The molecule has 1 aliphatic heterocycles. The van der Waals surface area contributed by atoms with E-state index in [1.54, 1.807) is 7.11 Å². The Morgan fingerprint density at radius 2 is 1.41 bits per heavy atom. The van der Waals surface area contributed by atoms with Gasteiger partial charge in [-0.2, -0.15) is 0 Å². The lowest BCUT2D eigenvalue weighted by atomic mass is 10.1. The van der Waals surface area contributed by atoms with Gasteiger partial charge in [0.15, 0.2) is 0 Å². The molecule has 6 nitrogen and oxygen atoms in total. The molecule has 2 bridgehead atoms. The highest BCUT2D eigenvalue weighted by Crippen LogP contribution is 2.14. The van der Waals surface area contributed by atoms with Crippen LogP contribution in [0.5, 0.6) is 5.75 Å². The molecule has 1 aromatic heterocycles. The summed E-state index contributed by atoms with van der Waals surface area (Å²) < 4.78 is 5.25. The zero-order chi connectivity index (χ0) is 24.2. The van der Waals surface area contributed by atoms with Crippen LogP contribution in [0, 0.1) is 0 Å². The highest BCUT2D eigenvalue weighted by Gasteiger charge is 2.17. The van der Waals surface area contributed by atoms with Gasteiger partial charge in [-0.15, -0.1) is 0 Å². The lowest BCUT2D eigenvalue weighted by Crippen LogP contribution is -2.38. The number of hydrogen-bond acceptors (Lipinski definition) is 5. The first-order valence-corrected chi connectivity index (χ1v) is 12.9. The average Bonchev–Trinajstić information content (AvgIpc) is 2.83. The molecule has 6 heteroatoms. The number of ether oxygens (including phenoxy) is 1. The van der Waals surface area contributed by atoms with Gasteiger partial charge in [0.05, 0.1) is 24.9 Å². The first kappa shape index (κ1) is 26.2. The van der Waals surface area contributed by atoms with Crippen molar-refractivity contribution in [3.8, 4) is 5.75 Å². The molecular weight excluding hydrogens is 424 g/mol. The number of benzene rings is 1. The molecular formula is C28H42N4O2. The van der Waals surface area contributed by atoms with Crippen LogP contribution in [-0.2, 0) is 24.3 Å². The van der Waals surface area contributed by atoms with E-state index < -0.39 is 0 Å². The summed E-state index contributed by atoms with van der Waals surface area (Å²) in [6.07, 6.45) is 4.63. The van der Waals surface area contributed by atoms with E-state index in [1.165, 1.54) is 0 Å². The molecule has 1 aliphatic rings. The van der Waals surface area contributed by atoms with E-state index in [1.807, 2.05) is 24.3 Å². The van der Waals surface area contributed by atoms with Gasteiger partial charge in [0.2, 0.25) is 5.91 Å². The molecule has 2 aromatic rings. The standard InChI is InChI=1S/C28H42N4O2/c1-4-15-30-17-7-19-32(28(33)21-24-11-13-27(34-3)14-12-24)20-8-18-31(16-5-2)23-26-10-6-9-25(22-30)29-26/h6,9-14H,4-5,7-8,15-23H2,1-3H3. The summed E-state index contributed by atoms with van der Waals surface area (Å²) in [5, 5.41) is 0. The molecule has 0 spiro atoms. The summed E-state index contributed by atoms with van der Waals surface area (Å²) >= 11 is 0. The summed E-state index contributed by atoms with van der Waals surface area (Å²) in [5.41, 5.74) is 3.33. The Kier molecular flexibility index (Phi) is 10.8. The Morgan fingerprint density at radius 3 is 1.91 bits per heavy atom. The fourth-order valence-corrected chi connectivity index (χ4v) is 4.70. The number of hydrogen-bond donors (Lipinski definition) is 0. The third-order valence-corrected chi connectivity index (χ3v) is 6.39. The molecule has 0 atom stereocenters. The lowest BCUT2D eigenvalue weighted by Gasteiger charge is -2.28. The summed E-state index contributed by atoms with van der Waals surface area (Å²) in [6.45, 7) is 11.9. The molecule has 1 amide bonds. The number of fused-ring (bicyclic) bond motifs is 2. The van der Waals surface area contributed by atoms with Crippen molar-refractivity contribution in [3.05, 3.63) is 59.4 Å². The monoisotopic (exact) mass is 466 g/mol. The molecule has 0 fully saturated rings. The van der Waals surface area contributed by atoms with Gasteiger partial charge >= 0.3 is 0 Å². The number of amides is 1. The number of aromatic nitrogens is 1. The van der Waals surface area contributed by atoms with Crippen molar-refractivity contribution in [2.75, 3.05) is 46.4 Å². The molecule has 0 N–H and O–H groups in total. The second-order valence-electron chi connectivity index (χ2n) is 9.29. The van der Waals surface area contributed by atoms with E-state index in [9.17, 15) is 4.79 Å². The van der Waals surface area contributed by atoms with Crippen molar-refractivity contribution < 1.29 is 9.53 Å². The number of pyridine rings is 1. The van der Waals surface area contributed by atoms with Crippen LogP contribution >= 0.6 is 0 Å². The lowest BCUT2D eigenvalue weighted by molar-refractivity contribution is -0.130. The summed E-state index contributed by atoms with van der Waals surface area (Å²) in [4.78, 5) is 25.3. The third kappa shape index (κ3) is 8.41. The SMILES string of the molecule is CCCN1CCCN(C(=O)Cc2ccc(OC)cc2)CCCN(CCC)Cc2cccc(n2)C1. The van der Waals surface area contributed by atoms with Gasteiger partial charge in [-0.05, 0) is 68.6 Å². The maximum Gasteiger partial charge on any atom is 0.226 e. The topological polar surface area (TPSA) is 48.9 Å². The van der Waals surface area contributed by atoms with Crippen LogP contribution in [-0.4, -0.2) is 72.0 Å². The Balaban J connectivity index is 1.72. The Bertz CT molecular complexity index is 834. The molecule has 186 valence electrons. The first-order chi connectivity index (χ1) is 16.6. The van der Waals surface area contributed by atoms with Crippen molar-refractivity contribution in [2.45, 2.75) is 59.0 Å². The highest BCUT2D eigenvalue weighted by molar-refractivity contribution is 5.78. The number of rotatable bonds is 7. The van der Waals surface area contributed by atoms with Crippen LogP contribution in [0.2, 0.25) is 0 Å². The molecule has 34 heavy (non-hydrogen) atoms. The van der Waals surface area contributed by atoms with Crippen LogP contribution in [0.4, 0.5) is 0 Å². The molecule has 0 saturated heterocycles. The number of carbonyl (C=O) groups is 1. The van der Waals surface area contributed by atoms with E-state index in [0.29, 0.717) is 6.42 Å². The van der Waals surface area contributed by atoms with Crippen LogP contribution in [0.15, 0.2) is 42.5 Å². The van der Waals surface area contributed by atoms with Gasteiger partial charge in [-0.1, -0.05) is 32.0 Å². The number of carbonyl (C=O) groups excluding carboxylic acids is 1. The summed E-state index contributed by atoms with van der Waals surface area (Å²) in [6, 6.07) is 14.3. The maximum absolute atomic E-state index is 13.3. The minimum Gasteiger partial charge on any atom is -0.497 e. The largest absolute Gasteiger partial charge is 0.497 e. The van der Waals surface area contributed by atoms with Crippen molar-refractivity contribution in [3.63, 3.8) is 0 Å². The number of methoxy groups -OCH3 is 1. The van der Waals surface area contributed by atoms with Crippen molar-refractivity contribution in [2.24, 2.45) is 0 Å². The summed E-state index contributed by atoms with van der Waals surface area (Å²) in [5.74, 6) is 1.04. The van der Waals surface area contributed by atoms with Crippen LogP contribution in [0.3, 0.4) is 0 Å². The van der Waals surface area contributed by atoms with Crippen molar-refractivity contribution >= 4 is 5.91 Å². The molecule has 0 radical (unpaired) electrons. The quantitative estimate of drug-likeness (QED) is 0.606. The van der Waals surface area contributed by atoms with Crippen molar-refractivity contribution in [1.82, 2.24) is 19.7 Å². The highest BCUT2D eigenvalue weighted by atomic mass is 16.5. The maximum atomic E-state index is 13.3. The summed E-state index contributed by atoms with van der Waals surface area (Å²) in [7, 11) is 1.66. The van der Waals surface area contributed by atoms with Crippen LogP contribution in [0.1, 0.15) is 56.5 Å². The third-order valence-electron chi connectivity index (χ3n) is 6.39. The average molecular weight is 467 g/mol. The fraction of sp³-hybridized carbons (Fsp3) is 0.571. The second kappa shape index (κ2) is 14.1. The molecule has 1 aromatic carbocycles. The van der Waals surface area contributed by atoms with Gasteiger partial charge in [-0.3, -0.25) is 19.6 Å². The fourth-order valence-electron chi connectivity index (χ4n) is 4.70. The molecule has 0 aliphatic carbocycles. The first-order valence-electron chi connectivity index (χ1n) is 12.9. The predicted molar refractivity (Wildman–Crippen MR) is 138 cm³/mol. The Hall–Kier alpha value is -2.44. The van der Waals surface area contributed by atoms with E-state index in [-0.39, 0.29) is 5.91 Å². The van der Waals surface area contributed by atoms with E-state index in [2.05, 4.69) is 46.7 Å². The smallest absolute Gasteiger partial charge is 0.226 e. The normalized spacial score (nSPS) is 16.7. The van der Waals surface area contributed by atoms with Crippen LogP contribution < -0.4 is 4.74 Å². The Labute approximate surface area is 205 Å². The van der Waals surface area contributed by atoms with Gasteiger partial charge in [0.25, 0.3) is 0 Å². The van der Waals surface area contributed by atoms with E-state index >= 15 is 0 Å². The molecule has 2 heterocycles. The molecule has 0 unspecified atom stereocenters. The van der Waals surface area contributed by atoms with Gasteiger partial charge in [0.1, 0.15) is 5.75 Å². The van der Waals surface area contributed by atoms with Crippen LogP contribution in [0.25, 0.3) is 0 Å². The predicted octanol–water partition coefficient (Wildman–Crippen LogP) is 4.38.